The Hall–Kier alpha value is -3.26. The number of methoxy groups -OCH3 is 1. The zero-order valence-electron chi connectivity index (χ0n) is 19.7. The highest BCUT2D eigenvalue weighted by atomic mass is 16.5. The zero-order chi connectivity index (χ0) is 23.3. The lowest BCUT2D eigenvalue weighted by Crippen LogP contribution is -2.14. The van der Waals surface area contributed by atoms with Crippen LogP contribution in [0.5, 0.6) is 11.5 Å². The summed E-state index contributed by atoms with van der Waals surface area (Å²) >= 11 is 0. The lowest BCUT2D eigenvalue weighted by atomic mass is 10.1. The van der Waals surface area contributed by atoms with Crippen molar-refractivity contribution in [3.8, 4) is 17.6 Å². The number of nitrogens with zero attached hydrogens (tertiary/aromatic N) is 1. The van der Waals surface area contributed by atoms with E-state index in [0.29, 0.717) is 29.4 Å². The summed E-state index contributed by atoms with van der Waals surface area (Å²) in [6.45, 7) is 6.77. The molecule has 0 saturated heterocycles. The first kappa shape index (κ1) is 25.0. The topological polar surface area (TPSA) is 71.3 Å². The number of unbranched alkanes of at least 4 members (excludes halogenated alkanes) is 5. The Morgan fingerprint density at radius 1 is 1.06 bits per heavy atom. The molecule has 0 bridgehead atoms. The van der Waals surface area contributed by atoms with Crippen LogP contribution in [0.25, 0.3) is 6.08 Å². The van der Waals surface area contributed by atoms with Crippen molar-refractivity contribution in [1.29, 1.82) is 5.26 Å². The first-order chi connectivity index (χ1) is 15.5. The molecule has 170 valence electrons. The number of carbonyl (C=O) groups excluding carboxylic acids is 1. The molecule has 2 aromatic rings. The third-order valence-electron chi connectivity index (χ3n) is 5.47. The second-order valence-corrected chi connectivity index (χ2v) is 7.90. The lowest BCUT2D eigenvalue weighted by molar-refractivity contribution is -0.112. The van der Waals surface area contributed by atoms with Crippen molar-refractivity contribution in [3.63, 3.8) is 0 Å². The number of carbonyl (C=O) groups is 1. The highest BCUT2D eigenvalue weighted by molar-refractivity contribution is 6.10. The van der Waals surface area contributed by atoms with E-state index in [1.54, 1.807) is 19.3 Å². The summed E-state index contributed by atoms with van der Waals surface area (Å²) in [5.74, 6) is 0.803. The van der Waals surface area contributed by atoms with E-state index in [2.05, 4.69) is 12.2 Å². The van der Waals surface area contributed by atoms with Crippen LogP contribution in [-0.2, 0) is 4.79 Å². The molecule has 0 unspecified atom stereocenters. The molecule has 0 atom stereocenters. The van der Waals surface area contributed by atoms with Crippen LogP contribution in [0.3, 0.4) is 0 Å². The summed E-state index contributed by atoms with van der Waals surface area (Å²) in [6, 6.07) is 13.1. The maximum absolute atomic E-state index is 12.6. The molecule has 5 heteroatoms. The molecule has 1 amide bonds. The summed E-state index contributed by atoms with van der Waals surface area (Å²) in [5, 5.41) is 12.4. The van der Waals surface area contributed by atoms with Crippen LogP contribution in [0.2, 0.25) is 0 Å². The van der Waals surface area contributed by atoms with Crippen molar-refractivity contribution in [3.05, 3.63) is 58.7 Å². The van der Waals surface area contributed by atoms with E-state index >= 15 is 0 Å². The Balaban J connectivity index is 2.03. The van der Waals surface area contributed by atoms with Crippen molar-refractivity contribution in [2.75, 3.05) is 19.0 Å². The standard InChI is InChI=1S/C27H34N2O3/c1-5-6-7-8-9-10-16-32-25-15-14-22(18-26(25)31-4)17-23(19-28)27(30)29-24-13-11-12-20(2)21(24)3/h11-15,17-18H,5-10,16H2,1-4H3,(H,29,30). The van der Waals surface area contributed by atoms with Crippen molar-refractivity contribution in [2.45, 2.75) is 59.3 Å². The molecule has 0 heterocycles. The molecular formula is C27H34N2O3. The van der Waals surface area contributed by atoms with E-state index in [4.69, 9.17) is 9.47 Å². The van der Waals surface area contributed by atoms with Gasteiger partial charge in [-0.2, -0.15) is 5.26 Å². The number of ether oxygens (including phenoxy) is 2. The average molecular weight is 435 g/mol. The van der Waals surface area contributed by atoms with Gasteiger partial charge in [-0.15, -0.1) is 0 Å². The molecule has 5 nitrogen and oxygen atoms in total. The summed E-state index contributed by atoms with van der Waals surface area (Å²) < 4.78 is 11.3. The highest BCUT2D eigenvalue weighted by Gasteiger charge is 2.13. The van der Waals surface area contributed by atoms with Crippen LogP contribution >= 0.6 is 0 Å². The number of nitriles is 1. The predicted octanol–water partition coefficient (Wildman–Crippen LogP) is 6.60. The molecule has 0 aliphatic rings. The van der Waals surface area contributed by atoms with Gasteiger partial charge in [-0.1, -0.05) is 57.2 Å². The molecule has 0 saturated carbocycles. The molecule has 0 aliphatic heterocycles. The first-order valence-corrected chi connectivity index (χ1v) is 11.3. The van der Waals surface area contributed by atoms with Gasteiger partial charge in [0.25, 0.3) is 5.91 Å². The van der Waals surface area contributed by atoms with Gasteiger partial charge < -0.3 is 14.8 Å². The van der Waals surface area contributed by atoms with Gasteiger partial charge in [0.2, 0.25) is 0 Å². The third-order valence-corrected chi connectivity index (χ3v) is 5.47. The number of nitrogens with one attached hydrogen (secondary N) is 1. The molecule has 0 radical (unpaired) electrons. The quantitative estimate of drug-likeness (QED) is 0.232. The molecule has 2 rings (SSSR count). The van der Waals surface area contributed by atoms with E-state index in [-0.39, 0.29) is 5.57 Å². The van der Waals surface area contributed by atoms with Crippen LogP contribution < -0.4 is 14.8 Å². The van der Waals surface area contributed by atoms with Gasteiger partial charge in [-0.3, -0.25) is 4.79 Å². The zero-order valence-corrected chi connectivity index (χ0v) is 19.7. The summed E-state index contributed by atoms with van der Waals surface area (Å²) in [7, 11) is 1.58. The van der Waals surface area contributed by atoms with E-state index in [0.717, 1.165) is 24.0 Å². The molecule has 32 heavy (non-hydrogen) atoms. The van der Waals surface area contributed by atoms with E-state index in [9.17, 15) is 10.1 Å². The Kier molecular flexibility index (Phi) is 10.3. The van der Waals surface area contributed by atoms with Crippen molar-refractivity contribution >= 4 is 17.7 Å². The number of aryl methyl sites for hydroxylation is 1. The van der Waals surface area contributed by atoms with Gasteiger partial charge in [-0.05, 0) is 61.2 Å². The summed E-state index contributed by atoms with van der Waals surface area (Å²) in [6.07, 6.45) is 8.76. The van der Waals surface area contributed by atoms with Crippen molar-refractivity contribution < 1.29 is 14.3 Å². The van der Waals surface area contributed by atoms with Gasteiger partial charge in [0.1, 0.15) is 11.6 Å². The molecule has 0 spiro atoms. The minimum absolute atomic E-state index is 0.0220. The van der Waals surface area contributed by atoms with E-state index < -0.39 is 5.91 Å². The SMILES string of the molecule is CCCCCCCCOc1ccc(C=C(C#N)C(=O)Nc2cccc(C)c2C)cc1OC. The van der Waals surface area contributed by atoms with E-state index in [1.165, 1.54) is 25.7 Å². The van der Waals surface area contributed by atoms with Gasteiger partial charge in [0, 0.05) is 5.69 Å². The first-order valence-electron chi connectivity index (χ1n) is 11.3. The number of rotatable bonds is 12. The highest BCUT2D eigenvalue weighted by Crippen LogP contribution is 2.29. The fourth-order valence-electron chi connectivity index (χ4n) is 3.35. The van der Waals surface area contributed by atoms with Gasteiger partial charge in [0.05, 0.1) is 13.7 Å². The van der Waals surface area contributed by atoms with Crippen LogP contribution in [0.1, 0.15) is 62.1 Å². The number of amides is 1. The van der Waals surface area contributed by atoms with Gasteiger partial charge in [-0.25, -0.2) is 0 Å². The van der Waals surface area contributed by atoms with Crippen molar-refractivity contribution in [2.24, 2.45) is 0 Å². The Bertz CT molecular complexity index is 973. The summed E-state index contributed by atoms with van der Waals surface area (Å²) in [4.78, 5) is 12.6. The maximum atomic E-state index is 12.6. The Morgan fingerprint density at radius 2 is 1.81 bits per heavy atom. The number of benzene rings is 2. The monoisotopic (exact) mass is 434 g/mol. The van der Waals surface area contributed by atoms with Crippen LogP contribution in [0.15, 0.2) is 42.0 Å². The molecule has 0 aliphatic carbocycles. The number of hydrogen-bond donors (Lipinski definition) is 1. The molecule has 0 fully saturated rings. The van der Waals surface area contributed by atoms with Gasteiger partial charge in [0.15, 0.2) is 11.5 Å². The minimum atomic E-state index is -0.441. The van der Waals surface area contributed by atoms with Crippen LogP contribution in [0, 0.1) is 25.2 Å². The van der Waals surface area contributed by atoms with Crippen molar-refractivity contribution in [1.82, 2.24) is 0 Å². The third kappa shape index (κ3) is 7.46. The van der Waals surface area contributed by atoms with Gasteiger partial charge >= 0.3 is 0 Å². The van der Waals surface area contributed by atoms with Crippen LogP contribution in [0.4, 0.5) is 5.69 Å². The van der Waals surface area contributed by atoms with E-state index in [1.807, 2.05) is 50.2 Å². The molecule has 2 aromatic carbocycles. The molecule has 0 aromatic heterocycles. The second-order valence-electron chi connectivity index (χ2n) is 7.90. The average Bonchev–Trinajstić information content (AvgIpc) is 2.80. The largest absolute Gasteiger partial charge is 0.493 e. The molecular weight excluding hydrogens is 400 g/mol. The maximum Gasteiger partial charge on any atom is 0.266 e. The normalized spacial score (nSPS) is 11.0. The fraction of sp³-hybridized carbons (Fsp3) is 0.407. The Labute approximate surface area is 192 Å². The Morgan fingerprint density at radius 3 is 2.53 bits per heavy atom. The lowest BCUT2D eigenvalue weighted by Gasteiger charge is -2.12. The van der Waals surface area contributed by atoms with Crippen LogP contribution in [-0.4, -0.2) is 19.6 Å². The minimum Gasteiger partial charge on any atom is -0.493 e. The summed E-state index contributed by atoms with van der Waals surface area (Å²) in [5.41, 5.74) is 3.47. The fourth-order valence-corrected chi connectivity index (χ4v) is 3.35. The predicted molar refractivity (Wildman–Crippen MR) is 130 cm³/mol. The number of hydrogen-bond acceptors (Lipinski definition) is 4. The molecule has 1 N–H and O–H groups in total. The number of anilines is 1. The smallest absolute Gasteiger partial charge is 0.266 e. The second kappa shape index (κ2) is 13.2.